The zero-order valence-electron chi connectivity index (χ0n) is 15.1. The van der Waals surface area contributed by atoms with Crippen molar-refractivity contribution in [1.82, 2.24) is 19.7 Å². The predicted octanol–water partition coefficient (Wildman–Crippen LogP) is 3.55. The van der Waals surface area contributed by atoms with E-state index >= 15 is 0 Å². The first-order valence-corrected chi connectivity index (χ1v) is 8.66. The molecule has 0 aliphatic rings. The second kappa shape index (κ2) is 8.29. The maximum absolute atomic E-state index is 12.4. The molecule has 2 amide bonds. The van der Waals surface area contributed by atoms with Gasteiger partial charge in [-0.05, 0) is 29.2 Å². The van der Waals surface area contributed by atoms with Crippen LogP contribution in [0.3, 0.4) is 0 Å². The zero-order valence-corrected chi connectivity index (χ0v) is 15.1. The van der Waals surface area contributed by atoms with Crippen LogP contribution < -0.4 is 5.32 Å². The molecule has 0 spiro atoms. The van der Waals surface area contributed by atoms with E-state index in [-0.39, 0.29) is 6.03 Å². The van der Waals surface area contributed by atoms with Gasteiger partial charge in [-0.1, -0.05) is 37.3 Å². The van der Waals surface area contributed by atoms with Crippen LogP contribution in [0, 0.1) is 0 Å². The Kier molecular flexibility index (Phi) is 5.63. The summed E-state index contributed by atoms with van der Waals surface area (Å²) in [6.07, 6.45) is 6.39. The van der Waals surface area contributed by atoms with E-state index in [1.165, 1.54) is 5.56 Å². The van der Waals surface area contributed by atoms with Crippen molar-refractivity contribution in [1.29, 1.82) is 0 Å². The van der Waals surface area contributed by atoms with Crippen molar-refractivity contribution >= 4 is 11.8 Å². The zero-order chi connectivity index (χ0) is 18.4. The highest BCUT2D eigenvalue weighted by Crippen LogP contribution is 2.10. The minimum atomic E-state index is -0.184. The second-order valence-electron chi connectivity index (χ2n) is 6.22. The number of nitrogens with one attached hydrogen (secondary N) is 1. The Bertz CT molecular complexity index is 842. The minimum Gasteiger partial charge on any atom is -0.323 e. The van der Waals surface area contributed by atoms with Crippen molar-refractivity contribution in [2.24, 2.45) is 0 Å². The average molecular weight is 349 g/mol. The van der Waals surface area contributed by atoms with Gasteiger partial charge in [-0.15, -0.1) is 0 Å². The maximum Gasteiger partial charge on any atom is 0.323 e. The fourth-order valence-electron chi connectivity index (χ4n) is 2.63. The molecule has 0 saturated heterocycles. The van der Waals surface area contributed by atoms with Gasteiger partial charge in [0, 0.05) is 38.2 Å². The Labute approximate surface area is 153 Å². The lowest BCUT2D eigenvalue weighted by molar-refractivity contribution is 0.220. The predicted molar refractivity (Wildman–Crippen MR) is 102 cm³/mol. The molecule has 134 valence electrons. The first-order valence-electron chi connectivity index (χ1n) is 8.66. The summed E-state index contributed by atoms with van der Waals surface area (Å²) in [5, 5.41) is 7.22. The molecule has 0 atom stereocenters. The summed E-state index contributed by atoms with van der Waals surface area (Å²) in [6.45, 7) is 3.29. The number of anilines is 1. The fourth-order valence-corrected chi connectivity index (χ4v) is 2.63. The van der Waals surface area contributed by atoms with E-state index in [1.54, 1.807) is 35.1 Å². The lowest BCUT2D eigenvalue weighted by atomic mass is 10.1. The lowest BCUT2D eigenvalue weighted by Gasteiger charge is -2.17. The van der Waals surface area contributed by atoms with Gasteiger partial charge in [-0.3, -0.25) is 15.0 Å². The number of carbonyl (C=O) groups is 1. The number of nitrogens with zero attached hydrogens (tertiary/aromatic N) is 4. The molecule has 0 bridgehead atoms. The molecule has 3 rings (SSSR count). The van der Waals surface area contributed by atoms with Gasteiger partial charge in [-0.25, -0.2) is 4.79 Å². The minimum absolute atomic E-state index is 0.184. The summed E-state index contributed by atoms with van der Waals surface area (Å²) in [5.41, 5.74) is 3.45. The van der Waals surface area contributed by atoms with Gasteiger partial charge in [-0.2, -0.15) is 5.10 Å². The van der Waals surface area contributed by atoms with Crippen LogP contribution in [-0.4, -0.2) is 32.7 Å². The number of hydrogen-bond acceptors (Lipinski definition) is 3. The van der Waals surface area contributed by atoms with Gasteiger partial charge in [0.05, 0.1) is 6.54 Å². The topological polar surface area (TPSA) is 63.1 Å². The molecule has 0 aliphatic carbocycles. The smallest absolute Gasteiger partial charge is 0.323 e. The first-order chi connectivity index (χ1) is 12.6. The highest BCUT2D eigenvalue weighted by atomic mass is 16.2. The molecule has 3 aromatic rings. The Hall–Kier alpha value is -3.15. The van der Waals surface area contributed by atoms with Crippen molar-refractivity contribution in [2.75, 3.05) is 12.4 Å². The Morgan fingerprint density at radius 1 is 1.12 bits per heavy atom. The highest BCUT2D eigenvalue weighted by Gasteiger charge is 2.11. The van der Waals surface area contributed by atoms with Crippen LogP contribution in [0.1, 0.15) is 23.6 Å². The van der Waals surface area contributed by atoms with Crippen LogP contribution in [0.15, 0.2) is 61.1 Å². The molecule has 26 heavy (non-hydrogen) atoms. The Morgan fingerprint density at radius 3 is 2.58 bits per heavy atom. The van der Waals surface area contributed by atoms with E-state index < -0.39 is 0 Å². The van der Waals surface area contributed by atoms with E-state index in [0.29, 0.717) is 18.9 Å². The van der Waals surface area contributed by atoms with Crippen molar-refractivity contribution < 1.29 is 4.79 Å². The third-order valence-corrected chi connectivity index (χ3v) is 4.14. The van der Waals surface area contributed by atoms with Crippen molar-refractivity contribution in [3.8, 4) is 0 Å². The number of hydrogen-bond donors (Lipinski definition) is 1. The average Bonchev–Trinajstić information content (AvgIpc) is 3.10. The molecule has 6 heteroatoms. The van der Waals surface area contributed by atoms with Crippen molar-refractivity contribution in [3.05, 3.63) is 77.7 Å². The van der Waals surface area contributed by atoms with Gasteiger partial charge >= 0.3 is 6.03 Å². The largest absolute Gasteiger partial charge is 0.323 e. The van der Waals surface area contributed by atoms with Gasteiger partial charge in [0.15, 0.2) is 5.82 Å². The van der Waals surface area contributed by atoms with E-state index in [4.69, 9.17) is 0 Å². The molecule has 0 unspecified atom stereocenters. The maximum atomic E-state index is 12.4. The van der Waals surface area contributed by atoms with Crippen molar-refractivity contribution in [2.45, 2.75) is 26.4 Å². The van der Waals surface area contributed by atoms with Gasteiger partial charge in [0.1, 0.15) is 0 Å². The van der Waals surface area contributed by atoms with Gasteiger partial charge in [0.25, 0.3) is 0 Å². The van der Waals surface area contributed by atoms with Crippen molar-refractivity contribution in [3.63, 3.8) is 0 Å². The van der Waals surface area contributed by atoms with Crippen LogP contribution in [0.2, 0.25) is 0 Å². The summed E-state index contributed by atoms with van der Waals surface area (Å²) in [7, 11) is 1.77. The molecule has 2 aromatic heterocycles. The number of pyridine rings is 1. The van der Waals surface area contributed by atoms with Crippen LogP contribution >= 0.6 is 0 Å². The second-order valence-corrected chi connectivity index (χ2v) is 6.22. The molecule has 0 aliphatic heterocycles. The summed E-state index contributed by atoms with van der Waals surface area (Å²) in [4.78, 5) is 18.1. The van der Waals surface area contributed by atoms with E-state index in [1.807, 2.05) is 18.3 Å². The van der Waals surface area contributed by atoms with Gasteiger partial charge in [0.2, 0.25) is 0 Å². The summed E-state index contributed by atoms with van der Waals surface area (Å²) < 4.78 is 1.77. The molecule has 2 heterocycles. The summed E-state index contributed by atoms with van der Waals surface area (Å²) in [5.74, 6) is 0.534. The van der Waals surface area contributed by atoms with Crippen LogP contribution in [0.25, 0.3) is 0 Å². The molecule has 0 saturated carbocycles. The molecular weight excluding hydrogens is 326 g/mol. The highest BCUT2D eigenvalue weighted by molar-refractivity contribution is 5.87. The summed E-state index contributed by atoms with van der Waals surface area (Å²) >= 11 is 0. The first kappa shape index (κ1) is 17.7. The quantitative estimate of drug-likeness (QED) is 0.740. The monoisotopic (exact) mass is 349 g/mol. The van der Waals surface area contributed by atoms with Crippen LogP contribution in [0.5, 0.6) is 0 Å². The Balaban J connectivity index is 1.55. The molecule has 6 nitrogen and oxygen atoms in total. The standard InChI is InChI=1S/C20H23N5O/c1-3-16-6-8-17(9-7-16)14-24(2)20(26)22-19-10-12-25(23-19)15-18-5-4-11-21-13-18/h4-13H,3,14-15H2,1-2H3,(H,22,23,26). The number of urea groups is 1. The third kappa shape index (κ3) is 4.69. The van der Waals surface area contributed by atoms with Crippen LogP contribution in [-0.2, 0) is 19.5 Å². The summed E-state index contributed by atoms with van der Waals surface area (Å²) in [6, 6.07) is 13.8. The normalized spacial score (nSPS) is 10.5. The number of amides is 2. The molecule has 1 aromatic carbocycles. The fraction of sp³-hybridized carbons (Fsp3) is 0.250. The Morgan fingerprint density at radius 2 is 1.88 bits per heavy atom. The number of aryl methyl sites for hydroxylation is 1. The number of benzene rings is 1. The SMILES string of the molecule is CCc1ccc(CN(C)C(=O)Nc2ccn(Cc3cccnc3)n2)cc1. The van der Waals surface area contributed by atoms with E-state index in [2.05, 4.69) is 46.6 Å². The number of carbonyl (C=O) groups excluding carboxylic acids is 1. The molecular formula is C20H23N5O. The van der Waals surface area contributed by atoms with Crippen LogP contribution in [0.4, 0.5) is 10.6 Å². The molecule has 1 N–H and O–H groups in total. The van der Waals surface area contributed by atoms with Gasteiger partial charge < -0.3 is 4.90 Å². The molecule has 0 fully saturated rings. The lowest BCUT2D eigenvalue weighted by Crippen LogP contribution is -2.31. The third-order valence-electron chi connectivity index (χ3n) is 4.14. The number of aromatic nitrogens is 3. The van der Waals surface area contributed by atoms with E-state index in [0.717, 1.165) is 17.5 Å². The number of rotatable bonds is 6. The molecule has 0 radical (unpaired) electrons. The van der Waals surface area contributed by atoms with E-state index in [9.17, 15) is 4.79 Å².